The SMILES string of the molecule is O=C(COC(=O)[C@@H]1CC(O)CN1S(=O)(=O)c1ccccc1[N+](=O)[O-])c1ccc[nH]1. The molecule has 0 spiro atoms. The second kappa shape index (κ2) is 8.11. The van der Waals surface area contributed by atoms with E-state index in [0.29, 0.717) is 4.31 Å². The highest BCUT2D eigenvalue weighted by atomic mass is 32.2. The Hall–Kier alpha value is -3.09. The maximum Gasteiger partial charge on any atom is 0.325 e. The highest BCUT2D eigenvalue weighted by Crippen LogP contribution is 2.31. The molecule has 1 aliphatic rings. The highest BCUT2D eigenvalue weighted by molar-refractivity contribution is 7.89. The van der Waals surface area contributed by atoms with Gasteiger partial charge in [-0.15, -0.1) is 0 Å². The summed E-state index contributed by atoms with van der Waals surface area (Å²) in [6, 6.07) is 6.37. The number of aliphatic hydroxyl groups is 1. The van der Waals surface area contributed by atoms with E-state index in [0.717, 1.165) is 12.1 Å². The first-order chi connectivity index (χ1) is 13.7. The smallest absolute Gasteiger partial charge is 0.325 e. The molecule has 3 rings (SSSR count). The summed E-state index contributed by atoms with van der Waals surface area (Å²) in [5.74, 6) is -1.54. The van der Waals surface area contributed by atoms with Crippen LogP contribution in [0.5, 0.6) is 0 Å². The van der Waals surface area contributed by atoms with Gasteiger partial charge in [-0.05, 0) is 18.2 Å². The number of sulfonamides is 1. The molecular formula is C17H17N3O8S. The average molecular weight is 423 g/mol. The second-order valence-electron chi connectivity index (χ2n) is 6.32. The Labute approximate surface area is 165 Å². The Bertz CT molecular complexity index is 1030. The number of nitro benzene ring substituents is 1. The number of aromatic nitrogens is 1. The molecule has 0 radical (unpaired) electrons. The van der Waals surface area contributed by atoms with Crippen molar-refractivity contribution in [2.24, 2.45) is 0 Å². The molecular weight excluding hydrogens is 406 g/mol. The number of hydrogen-bond donors (Lipinski definition) is 2. The largest absolute Gasteiger partial charge is 0.456 e. The Balaban J connectivity index is 1.82. The normalized spacial score (nSPS) is 19.8. The molecule has 29 heavy (non-hydrogen) atoms. The molecule has 11 nitrogen and oxygen atoms in total. The van der Waals surface area contributed by atoms with E-state index in [2.05, 4.69) is 4.98 Å². The molecule has 2 atom stereocenters. The second-order valence-corrected chi connectivity index (χ2v) is 8.18. The van der Waals surface area contributed by atoms with Gasteiger partial charge in [0.2, 0.25) is 5.78 Å². The Kier molecular flexibility index (Phi) is 5.77. The minimum absolute atomic E-state index is 0.216. The molecule has 0 amide bonds. The number of ether oxygens (including phenoxy) is 1. The van der Waals surface area contributed by atoms with Gasteiger partial charge in [-0.25, -0.2) is 8.42 Å². The lowest BCUT2D eigenvalue weighted by atomic mass is 10.2. The number of nitrogens with zero attached hydrogens (tertiary/aromatic N) is 2. The predicted octanol–water partition coefficient (Wildman–Crippen LogP) is 0.473. The summed E-state index contributed by atoms with van der Waals surface area (Å²) in [7, 11) is -4.48. The fourth-order valence-corrected chi connectivity index (χ4v) is 4.82. The van der Waals surface area contributed by atoms with E-state index in [-0.39, 0.29) is 12.1 Å². The average Bonchev–Trinajstić information content (AvgIpc) is 3.36. The van der Waals surface area contributed by atoms with Gasteiger partial charge in [0.15, 0.2) is 11.5 Å². The number of carbonyl (C=O) groups is 2. The van der Waals surface area contributed by atoms with Crippen LogP contribution in [0.2, 0.25) is 0 Å². The van der Waals surface area contributed by atoms with Crippen molar-refractivity contribution in [3.63, 3.8) is 0 Å². The summed E-state index contributed by atoms with van der Waals surface area (Å²) >= 11 is 0. The van der Waals surface area contributed by atoms with Gasteiger partial charge in [-0.2, -0.15) is 4.31 Å². The summed E-state index contributed by atoms with van der Waals surface area (Å²) in [6.45, 7) is -1.05. The number of hydrogen-bond acceptors (Lipinski definition) is 8. The molecule has 1 unspecified atom stereocenters. The molecule has 2 aromatic rings. The van der Waals surface area contributed by atoms with Crippen molar-refractivity contribution in [2.45, 2.75) is 23.5 Å². The van der Waals surface area contributed by atoms with E-state index in [1.165, 1.54) is 24.4 Å². The third-order valence-electron chi connectivity index (χ3n) is 4.40. The Morgan fingerprint density at radius 1 is 1.28 bits per heavy atom. The fraction of sp³-hybridized carbons (Fsp3) is 0.294. The zero-order valence-corrected chi connectivity index (χ0v) is 15.7. The lowest BCUT2D eigenvalue weighted by Gasteiger charge is -2.22. The van der Waals surface area contributed by atoms with Crippen molar-refractivity contribution >= 4 is 27.5 Å². The molecule has 1 aliphatic heterocycles. The molecule has 1 saturated heterocycles. The number of ketones is 1. The first kappa shape index (κ1) is 20.6. The molecule has 1 fully saturated rings. The van der Waals surface area contributed by atoms with Gasteiger partial charge in [0.1, 0.15) is 6.04 Å². The molecule has 0 aliphatic carbocycles. The topological polar surface area (TPSA) is 160 Å². The van der Waals surface area contributed by atoms with Crippen LogP contribution in [0.3, 0.4) is 0 Å². The molecule has 0 bridgehead atoms. The minimum atomic E-state index is -4.48. The number of H-pyrrole nitrogens is 1. The van der Waals surface area contributed by atoms with Crippen molar-refractivity contribution in [1.82, 2.24) is 9.29 Å². The number of rotatable bonds is 7. The number of esters is 1. The van der Waals surface area contributed by atoms with Gasteiger partial charge in [0.05, 0.1) is 16.7 Å². The van der Waals surface area contributed by atoms with Crippen LogP contribution in [0, 0.1) is 10.1 Å². The number of aromatic amines is 1. The van der Waals surface area contributed by atoms with E-state index in [4.69, 9.17) is 4.74 Å². The summed E-state index contributed by atoms with van der Waals surface area (Å²) < 4.78 is 31.6. The van der Waals surface area contributed by atoms with Gasteiger partial charge in [-0.1, -0.05) is 12.1 Å². The van der Waals surface area contributed by atoms with Crippen LogP contribution in [0.1, 0.15) is 16.9 Å². The Morgan fingerprint density at radius 2 is 2.00 bits per heavy atom. The first-order valence-corrected chi connectivity index (χ1v) is 9.92. The van der Waals surface area contributed by atoms with Crippen LogP contribution in [-0.4, -0.2) is 64.8 Å². The van der Waals surface area contributed by atoms with Gasteiger partial charge in [0, 0.05) is 25.2 Å². The van der Waals surface area contributed by atoms with Crippen LogP contribution in [0.15, 0.2) is 47.5 Å². The zero-order chi connectivity index (χ0) is 21.2. The van der Waals surface area contributed by atoms with E-state index < -0.39 is 62.6 Å². The Morgan fingerprint density at radius 3 is 2.66 bits per heavy atom. The van der Waals surface area contributed by atoms with E-state index in [1.807, 2.05) is 0 Å². The highest BCUT2D eigenvalue weighted by Gasteiger charge is 2.46. The monoisotopic (exact) mass is 423 g/mol. The molecule has 1 aromatic carbocycles. The molecule has 154 valence electrons. The van der Waals surface area contributed by atoms with E-state index in [9.17, 15) is 33.2 Å². The number of aliphatic hydroxyl groups excluding tert-OH is 1. The molecule has 2 heterocycles. The predicted molar refractivity (Wildman–Crippen MR) is 97.5 cm³/mol. The summed E-state index contributed by atoms with van der Waals surface area (Å²) in [5.41, 5.74) is -0.434. The molecule has 2 N–H and O–H groups in total. The van der Waals surface area contributed by atoms with Crippen LogP contribution < -0.4 is 0 Å². The molecule has 0 saturated carbocycles. The zero-order valence-electron chi connectivity index (χ0n) is 14.9. The van der Waals surface area contributed by atoms with Gasteiger partial charge in [-0.3, -0.25) is 19.7 Å². The molecule has 12 heteroatoms. The maximum absolute atomic E-state index is 13.0. The first-order valence-electron chi connectivity index (χ1n) is 8.48. The van der Waals surface area contributed by atoms with Gasteiger partial charge >= 0.3 is 5.97 Å². The number of nitrogens with one attached hydrogen (secondary N) is 1. The van der Waals surface area contributed by atoms with E-state index in [1.54, 1.807) is 6.07 Å². The van der Waals surface area contributed by atoms with Crippen LogP contribution in [0.25, 0.3) is 0 Å². The van der Waals surface area contributed by atoms with Crippen LogP contribution >= 0.6 is 0 Å². The summed E-state index contributed by atoms with van der Waals surface area (Å²) in [6.07, 6.45) is 0.1000. The van der Waals surface area contributed by atoms with Crippen molar-refractivity contribution in [3.05, 3.63) is 58.4 Å². The number of β-amino-alcohol motifs (C(OH)–C–C–N with tert-alkyl or cyclic N) is 1. The van der Waals surface area contributed by atoms with Crippen molar-refractivity contribution in [3.8, 4) is 0 Å². The fourth-order valence-electron chi connectivity index (χ4n) is 3.03. The van der Waals surface area contributed by atoms with Crippen LogP contribution in [0.4, 0.5) is 5.69 Å². The van der Waals surface area contributed by atoms with E-state index >= 15 is 0 Å². The van der Waals surface area contributed by atoms with Gasteiger partial charge in [0.25, 0.3) is 15.7 Å². The number of para-hydroxylation sites is 1. The van der Waals surface area contributed by atoms with Gasteiger partial charge < -0.3 is 14.8 Å². The quantitative estimate of drug-likeness (QED) is 0.281. The third kappa shape index (κ3) is 4.18. The van der Waals surface area contributed by atoms with Crippen molar-refractivity contribution in [1.29, 1.82) is 0 Å². The standard InChI is InChI=1S/C17H17N3O8S/c21-11-8-14(17(23)28-10-15(22)12-4-3-7-18-12)19(9-11)29(26,27)16-6-2-1-5-13(16)20(24)25/h1-7,11,14,18,21H,8-10H2/t11?,14-/m0/s1. The number of benzene rings is 1. The number of carbonyl (C=O) groups excluding carboxylic acids is 2. The maximum atomic E-state index is 13.0. The van der Waals surface area contributed by atoms with Crippen molar-refractivity contribution < 1.29 is 32.8 Å². The minimum Gasteiger partial charge on any atom is -0.456 e. The third-order valence-corrected chi connectivity index (χ3v) is 6.32. The molecule has 1 aromatic heterocycles. The number of nitro groups is 1. The summed E-state index contributed by atoms with van der Waals surface area (Å²) in [5, 5.41) is 21.1. The summed E-state index contributed by atoms with van der Waals surface area (Å²) in [4.78, 5) is 36.8. The number of Topliss-reactive ketones (excluding diaryl/α,β-unsaturated/α-hetero) is 1. The van der Waals surface area contributed by atoms with Crippen LogP contribution in [-0.2, 0) is 19.6 Å². The lowest BCUT2D eigenvalue weighted by Crippen LogP contribution is -2.42. The van der Waals surface area contributed by atoms with Crippen molar-refractivity contribution in [2.75, 3.05) is 13.2 Å². The lowest BCUT2D eigenvalue weighted by molar-refractivity contribution is -0.387.